The van der Waals surface area contributed by atoms with Crippen LogP contribution in [0.4, 0.5) is 5.69 Å². The van der Waals surface area contributed by atoms with Crippen molar-refractivity contribution in [3.63, 3.8) is 0 Å². The fraction of sp³-hybridized carbons (Fsp3) is 0.0909. The van der Waals surface area contributed by atoms with Gasteiger partial charge in [0.05, 0.1) is 10.7 Å². The summed E-state index contributed by atoms with van der Waals surface area (Å²) in [6.07, 6.45) is 0. The minimum atomic E-state index is -0.220. The number of nitrogens with zero attached hydrogens (tertiary/aromatic N) is 1. The van der Waals surface area contributed by atoms with Gasteiger partial charge < -0.3 is 9.73 Å². The predicted octanol–water partition coefficient (Wildman–Crippen LogP) is 6.02. The molecule has 27 heavy (non-hydrogen) atoms. The van der Waals surface area contributed by atoms with Gasteiger partial charge in [-0.15, -0.1) is 0 Å². The van der Waals surface area contributed by atoms with Gasteiger partial charge in [-0.1, -0.05) is 35.4 Å². The van der Waals surface area contributed by atoms with E-state index in [1.807, 2.05) is 50.2 Å². The van der Waals surface area contributed by atoms with E-state index < -0.39 is 0 Å². The summed E-state index contributed by atoms with van der Waals surface area (Å²) in [7, 11) is 0. The van der Waals surface area contributed by atoms with Crippen molar-refractivity contribution in [1.29, 1.82) is 0 Å². The third-order valence-electron chi connectivity index (χ3n) is 4.32. The van der Waals surface area contributed by atoms with Crippen LogP contribution < -0.4 is 5.32 Å². The van der Waals surface area contributed by atoms with Crippen molar-refractivity contribution in [3.05, 3.63) is 82.4 Å². The predicted molar refractivity (Wildman–Crippen MR) is 108 cm³/mol. The first-order valence-electron chi connectivity index (χ1n) is 8.55. The van der Waals surface area contributed by atoms with Gasteiger partial charge in [-0.2, -0.15) is 0 Å². The second-order valence-electron chi connectivity index (χ2n) is 6.50. The molecule has 0 atom stereocenters. The van der Waals surface area contributed by atoms with Crippen molar-refractivity contribution >= 4 is 34.3 Å². The summed E-state index contributed by atoms with van der Waals surface area (Å²) >= 11 is 6.27. The van der Waals surface area contributed by atoms with Crippen molar-refractivity contribution in [2.24, 2.45) is 0 Å². The molecular formula is C22H17ClN2O2. The second-order valence-corrected chi connectivity index (χ2v) is 6.91. The molecule has 0 unspecified atom stereocenters. The Balaban J connectivity index is 1.66. The number of aryl methyl sites for hydroxylation is 2. The normalized spacial score (nSPS) is 10.9. The van der Waals surface area contributed by atoms with Crippen molar-refractivity contribution in [2.45, 2.75) is 13.8 Å². The lowest BCUT2D eigenvalue weighted by Gasteiger charge is -2.09. The highest BCUT2D eigenvalue weighted by atomic mass is 35.5. The van der Waals surface area contributed by atoms with Crippen LogP contribution in [-0.2, 0) is 0 Å². The molecule has 1 aromatic heterocycles. The zero-order valence-electron chi connectivity index (χ0n) is 14.9. The van der Waals surface area contributed by atoms with Crippen LogP contribution >= 0.6 is 11.6 Å². The van der Waals surface area contributed by atoms with Crippen LogP contribution in [-0.4, -0.2) is 10.9 Å². The Morgan fingerprint density at radius 2 is 1.70 bits per heavy atom. The summed E-state index contributed by atoms with van der Waals surface area (Å²) in [6, 6.07) is 18.5. The summed E-state index contributed by atoms with van der Waals surface area (Å²) in [5.41, 5.74) is 5.55. The van der Waals surface area contributed by atoms with Crippen LogP contribution in [0.2, 0.25) is 5.02 Å². The Morgan fingerprint density at radius 1 is 0.963 bits per heavy atom. The monoisotopic (exact) mass is 376 g/mol. The molecule has 0 fully saturated rings. The van der Waals surface area contributed by atoms with Crippen LogP contribution in [0.3, 0.4) is 0 Å². The van der Waals surface area contributed by atoms with Gasteiger partial charge in [0.2, 0.25) is 5.89 Å². The van der Waals surface area contributed by atoms with Gasteiger partial charge >= 0.3 is 0 Å². The molecule has 0 radical (unpaired) electrons. The fourth-order valence-corrected chi connectivity index (χ4v) is 2.98. The highest BCUT2D eigenvalue weighted by Gasteiger charge is 2.13. The fourth-order valence-electron chi connectivity index (χ4n) is 2.81. The maximum absolute atomic E-state index is 12.5. The molecule has 4 nitrogen and oxygen atoms in total. The number of carbonyl (C=O) groups is 1. The molecule has 5 heteroatoms. The maximum Gasteiger partial charge on any atom is 0.255 e. The molecule has 3 aromatic carbocycles. The largest absolute Gasteiger partial charge is 0.436 e. The summed E-state index contributed by atoms with van der Waals surface area (Å²) in [6.45, 7) is 3.98. The minimum Gasteiger partial charge on any atom is -0.436 e. The molecule has 0 bridgehead atoms. The maximum atomic E-state index is 12.5. The van der Waals surface area contributed by atoms with Gasteiger partial charge in [0, 0.05) is 11.1 Å². The first-order chi connectivity index (χ1) is 13.0. The van der Waals surface area contributed by atoms with E-state index in [1.54, 1.807) is 24.3 Å². The molecule has 1 N–H and O–H groups in total. The van der Waals surface area contributed by atoms with Crippen molar-refractivity contribution in [2.75, 3.05) is 5.32 Å². The van der Waals surface area contributed by atoms with Gasteiger partial charge in [0.15, 0.2) is 5.58 Å². The number of rotatable bonds is 3. The first kappa shape index (κ1) is 17.3. The number of anilines is 1. The minimum absolute atomic E-state index is 0.220. The van der Waals surface area contributed by atoms with Crippen LogP contribution in [0.25, 0.3) is 22.6 Å². The van der Waals surface area contributed by atoms with Gasteiger partial charge in [0.25, 0.3) is 5.91 Å². The van der Waals surface area contributed by atoms with Gasteiger partial charge in [-0.25, -0.2) is 4.98 Å². The molecule has 1 amide bonds. The lowest BCUT2D eigenvalue weighted by Crippen LogP contribution is -2.12. The molecular weight excluding hydrogens is 360 g/mol. The number of oxazole rings is 1. The number of carbonyl (C=O) groups excluding carboxylic acids is 1. The van der Waals surface area contributed by atoms with Crippen LogP contribution in [0.1, 0.15) is 21.5 Å². The number of hydrogen-bond acceptors (Lipinski definition) is 3. The van der Waals surface area contributed by atoms with E-state index in [4.69, 9.17) is 16.0 Å². The van der Waals surface area contributed by atoms with E-state index in [0.29, 0.717) is 22.2 Å². The molecule has 1 heterocycles. The number of aromatic nitrogens is 1. The number of halogens is 1. The van der Waals surface area contributed by atoms with Gasteiger partial charge in [-0.05, 0) is 61.9 Å². The molecule has 0 aliphatic rings. The Labute approximate surface area is 161 Å². The average Bonchev–Trinajstić information content (AvgIpc) is 3.07. The highest BCUT2D eigenvalue weighted by Crippen LogP contribution is 2.31. The summed E-state index contributed by atoms with van der Waals surface area (Å²) in [4.78, 5) is 17.0. The molecule has 0 aliphatic heterocycles. The SMILES string of the molecule is Cc1ccc(C(=O)Nc2cc(-c3nc4cc(C)ccc4o3)ccc2Cl)cc1. The standard InChI is InChI=1S/C22H17ClN2O2/c1-13-3-6-15(7-4-13)21(26)24-18-12-16(8-9-17(18)23)22-25-19-11-14(2)5-10-20(19)27-22/h3-12H,1-2H3,(H,24,26). The lowest BCUT2D eigenvalue weighted by molar-refractivity contribution is 0.102. The smallest absolute Gasteiger partial charge is 0.255 e. The van der Waals surface area contributed by atoms with Crippen molar-refractivity contribution < 1.29 is 9.21 Å². The third kappa shape index (κ3) is 3.57. The Kier molecular flexibility index (Phi) is 4.42. The molecule has 134 valence electrons. The van der Waals surface area contributed by atoms with Crippen LogP contribution in [0, 0.1) is 13.8 Å². The molecule has 0 saturated heterocycles. The van der Waals surface area contributed by atoms with E-state index in [0.717, 1.165) is 27.8 Å². The zero-order valence-corrected chi connectivity index (χ0v) is 15.7. The Bertz CT molecular complexity index is 1150. The summed E-state index contributed by atoms with van der Waals surface area (Å²) in [5.74, 6) is 0.264. The average molecular weight is 377 g/mol. The van der Waals surface area contributed by atoms with Gasteiger partial charge in [0.1, 0.15) is 5.52 Å². The second kappa shape index (κ2) is 6.89. The summed E-state index contributed by atoms with van der Waals surface area (Å²) in [5, 5.41) is 3.31. The summed E-state index contributed by atoms with van der Waals surface area (Å²) < 4.78 is 5.84. The van der Waals surface area contributed by atoms with E-state index in [1.165, 1.54) is 0 Å². The Morgan fingerprint density at radius 3 is 2.48 bits per heavy atom. The van der Waals surface area contributed by atoms with Crippen LogP contribution in [0.5, 0.6) is 0 Å². The van der Waals surface area contributed by atoms with Crippen molar-refractivity contribution in [1.82, 2.24) is 4.98 Å². The van der Waals surface area contributed by atoms with E-state index in [2.05, 4.69) is 10.3 Å². The Hall–Kier alpha value is -3.11. The number of benzene rings is 3. The molecule has 0 spiro atoms. The number of nitrogens with one attached hydrogen (secondary N) is 1. The quantitative estimate of drug-likeness (QED) is 0.475. The third-order valence-corrected chi connectivity index (χ3v) is 4.65. The molecule has 0 aliphatic carbocycles. The highest BCUT2D eigenvalue weighted by molar-refractivity contribution is 6.34. The van der Waals surface area contributed by atoms with E-state index >= 15 is 0 Å². The number of hydrogen-bond donors (Lipinski definition) is 1. The van der Waals surface area contributed by atoms with Crippen molar-refractivity contribution in [3.8, 4) is 11.5 Å². The van der Waals surface area contributed by atoms with Gasteiger partial charge in [-0.3, -0.25) is 4.79 Å². The molecule has 0 saturated carbocycles. The zero-order chi connectivity index (χ0) is 19.0. The number of fused-ring (bicyclic) bond motifs is 1. The van der Waals surface area contributed by atoms with E-state index in [9.17, 15) is 4.79 Å². The molecule has 4 aromatic rings. The van der Waals surface area contributed by atoms with Crippen LogP contribution in [0.15, 0.2) is 65.1 Å². The first-order valence-corrected chi connectivity index (χ1v) is 8.92. The molecule has 4 rings (SSSR count). The number of amides is 1. The van der Waals surface area contributed by atoms with E-state index in [-0.39, 0.29) is 5.91 Å². The lowest BCUT2D eigenvalue weighted by atomic mass is 10.1. The topological polar surface area (TPSA) is 55.1 Å².